The van der Waals surface area contributed by atoms with Gasteiger partial charge in [0, 0.05) is 6.04 Å². The van der Waals surface area contributed by atoms with E-state index >= 15 is 0 Å². The van der Waals surface area contributed by atoms with E-state index in [4.69, 9.17) is 0 Å². The van der Waals surface area contributed by atoms with Gasteiger partial charge in [0.25, 0.3) is 5.56 Å². The van der Waals surface area contributed by atoms with E-state index in [-0.39, 0.29) is 11.9 Å². The van der Waals surface area contributed by atoms with Crippen LogP contribution in [-0.2, 0) is 0 Å². The molecule has 0 aliphatic heterocycles. The SMILES string of the molecule is CC(C)CC(C)Nc1n[nH]c(=O)[nH]c1=O. The molecule has 1 rings (SSSR count). The predicted octanol–water partition coefficient (Wildman–Crippen LogP) is 0.305. The lowest BCUT2D eigenvalue weighted by Gasteiger charge is -2.15. The summed E-state index contributed by atoms with van der Waals surface area (Å²) in [6, 6.07) is 0.143. The molecule has 0 radical (unpaired) electrons. The van der Waals surface area contributed by atoms with Crippen LogP contribution in [0.4, 0.5) is 5.82 Å². The van der Waals surface area contributed by atoms with Crippen LogP contribution in [0.25, 0.3) is 0 Å². The number of aromatic amines is 2. The number of anilines is 1. The Labute approximate surface area is 87.1 Å². The third-order valence-corrected chi connectivity index (χ3v) is 1.92. The molecule has 3 N–H and O–H groups in total. The third-order valence-electron chi connectivity index (χ3n) is 1.92. The Morgan fingerprint density at radius 2 is 2.00 bits per heavy atom. The molecule has 0 amide bonds. The zero-order valence-corrected chi connectivity index (χ0v) is 9.13. The first-order valence-electron chi connectivity index (χ1n) is 4.94. The molecule has 0 aliphatic rings. The van der Waals surface area contributed by atoms with Crippen LogP contribution >= 0.6 is 0 Å². The minimum atomic E-state index is -0.595. The molecule has 0 aromatic carbocycles. The van der Waals surface area contributed by atoms with Gasteiger partial charge < -0.3 is 5.32 Å². The summed E-state index contributed by atoms with van der Waals surface area (Å²) in [7, 11) is 0. The summed E-state index contributed by atoms with van der Waals surface area (Å²) in [5, 5.41) is 8.75. The minimum Gasteiger partial charge on any atom is -0.362 e. The summed E-state index contributed by atoms with van der Waals surface area (Å²) in [4.78, 5) is 24.1. The van der Waals surface area contributed by atoms with Crippen molar-refractivity contribution in [2.45, 2.75) is 33.2 Å². The van der Waals surface area contributed by atoms with E-state index in [1.807, 2.05) is 6.92 Å². The number of hydrogen-bond donors (Lipinski definition) is 3. The fourth-order valence-corrected chi connectivity index (χ4v) is 1.44. The Kier molecular flexibility index (Phi) is 3.65. The summed E-state index contributed by atoms with van der Waals surface area (Å²) in [5.41, 5.74) is -1.09. The Morgan fingerprint density at radius 3 is 2.53 bits per heavy atom. The van der Waals surface area contributed by atoms with Gasteiger partial charge in [0.05, 0.1) is 0 Å². The van der Waals surface area contributed by atoms with Gasteiger partial charge in [-0.05, 0) is 19.3 Å². The lowest BCUT2D eigenvalue weighted by Crippen LogP contribution is -2.30. The summed E-state index contributed by atoms with van der Waals surface area (Å²) >= 11 is 0. The quantitative estimate of drug-likeness (QED) is 0.669. The number of H-pyrrole nitrogens is 2. The van der Waals surface area contributed by atoms with Crippen LogP contribution in [0.2, 0.25) is 0 Å². The second-order valence-electron chi connectivity index (χ2n) is 4.03. The third kappa shape index (κ3) is 3.57. The van der Waals surface area contributed by atoms with Gasteiger partial charge in [-0.3, -0.25) is 9.78 Å². The largest absolute Gasteiger partial charge is 0.362 e. The van der Waals surface area contributed by atoms with E-state index in [1.165, 1.54) is 0 Å². The second-order valence-corrected chi connectivity index (χ2v) is 4.03. The number of aromatic nitrogens is 3. The zero-order chi connectivity index (χ0) is 11.4. The molecule has 0 aliphatic carbocycles. The number of hydrogen-bond acceptors (Lipinski definition) is 4. The van der Waals surface area contributed by atoms with Crippen molar-refractivity contribution in [1.82, 2.24) is 15.2 Å². The first kappa shape index (κ1) is 11.5. The molecule has 0 saturated heterocycles. The minimum absolute atomic E-state index is 0.143. The van der Waals surface area contributed by atoms with Crippen LogP contribution in [-0.4, -0.2) is 21.2 Å². The number of rotatable bonds is 4. The average Bonchev–Trinajstić information content (AvgIpc) is 2.08. The van der Waals surface area contributed by atoms with E-state index in [2.05, 4.69) is 34.3 Å². The van der Waals surface area contributed by atoms with Gasteiger partial charge in [0.2, 0.25) is 5.82 Å². The molecule has 0 saturated carbocycles. The van der Waals surface area contributed by atoms with Crippen molar-refractivity contribution in [2.75, 3.05) is 5.32 Å². The summed E-state index contributed by atoms with van der Waals surface area (Å²) in [6.45, 7) is 6.16. The molecule has 6 heteroatoms. The van der Waals surface area contributed by atoms with E-state index < -0.39 is 11.2 Å². The monoisotopic (exact) mass is 212 g/mol. The smallest absolute Gasteiger partial charge is 0.342 e. The van der Waals surface area contributed by atoms with E-state index in [0.717, 1.165) is 6.42 Å². The molecule has 15 heavy (non-hydrogen) atoms. The van der Waals surface area contributed by atoms with Crippen LogP contribution in [0.5, 0.6) is 0 Å². The highest BCUT2D eigenvalue weighted by Crippen LogP contribution is 2.06. The summed E-state index contributed by atoms with van der Waals surface area (Å²) in [6.07, 6.45) is 0.931. The maximum atomic E-state index is 11.3. The second kappa shape index (κ2) is 4.77. The maximum absolute atomic E-state index is 11.3. The fourth-order valence-electron chi connectivity index (χ4n) is 1.44. The lowest BCUT2D eigenvalue weighted by atomic mass is 10.1. The molecular formula is C9H16N4O2. The Bertz CT molecular complexity index is 421. The van der Waals surface area contributed by atoms with Gasteiger partial charge in [0.15, 0.2) is 0 Å². The van der Waals surface area contributed by atoms with Crippen LogP contribution in [0.3, 0.4) is 0 Å². The first-order chi connectivity index (χ1) is 6.99. The van der Waals surface area contributed by atoms with Crippen molar-refractivity contribution in [1.29, 1.82) is 0 Å². The van der Waals surface area contributed by atoms with Crippen LogP contribution < -0.4 is 16.6 Å². The Hall–Kier alpha value is -1.59. The molecule has 1 unspecified atom stereocenters. The fraction of sp³-hybridized carbons (Fsp3) is 0.667. The molecule has 1 heterocycles. The van der Waals surface area contributed by atoms with Crippen molar-refractivity contribution < 1.29 is 0 Å². The zero-order valence-electron chi connectivity index (χ0n) is 9.13. The number of nitrogens with zero attached hydrogens (tertiary/aromatic N) is 1. The molecule has 0 fully saturated rings. The molecule has 1 aromatic rings. The van der Waals surface area contributed by atoms with Gasteiger partial charge in [0.1, 0.15) is 0 Å². The molecule has 6 nitrogen and oxygen atoms in total. The maximum Gasteiger partial charge on any atom is 0.342 e. The summed E-state index contributed by atoms with van der Waals surface area (Å²) in [5.74, 6) is 0.692. The molecule has 1 aromatic heterocycles. The molecule has 0 bridgehead atoms. The molecule has 1 atom stereocenters. The van der Waals surface area contributed by atoms with Gasteiger partial charge in [-0.15, -0.1) is 5.10 Å². The Balaban J connectivity index is 2.73. The molecular weight excluding hydrogens is 196 g/mol. The van der Waals surface area contributed by atoms with Gasteiger partial charge in [-0.1, -0.05) is 13.8 Å². The van der Waals surface area contributed by atoms with Crippen LogP contribution in [0.1, 0.15) is 27.2 Å². The normalized spacial score (nSPS) is 12.8. The summed E-state index contributed by atoms with van der Waals surface area (Å²) < 4.78 is 0. The van der Waals surface area contributed by atoms with Gasteiger partial charge in [-0.25, -0.2) is 9.89 Å². The first-order valence-corrected chi connectivity index (χ1v) is 4.94. The van der Waals surface area contributed by atoms with Crippen molar-refractivity contribution in [3.63, 3.8) is 0 Å². The number of nitrogens with one attached hydrogen (secondary N) is 3. The van der Waals surface area contributed by atoms with Crippen molar-refractivity contribution in [3.05, 3.63) is 20.8 Å². The standard InChI is InChI=1S/C9H16N4O2/c1-5(2)4-6(3)10-7-8(14)11-9(15)13-12-7/h5-6H,4H2,1-3H3,(H,10,12)(H2,11,13,14,15). The Morgan fingerprint density at radius 1 is 1.33 bits per heavy atom. The highest BCUT2D eigenvalue weighted by molar-refractivity contribution is 5.29. The molecule has 84 valence electrons. The van der Waals surface area contributed by atoms with Gasteiger partial charge >= 0.3 is 5.69 Å². The molecule has 0 spiro atoms. The van der Waals surface area contributed by atoms with Crippen molar-refractivity contribution in [2.24, 2.45) is 5.92 Å². The van der Waals surface area contributed by atoms with Crippen molar-refractivity contribution in [3.8, 4) is 0 Å². The highest BCUT2D eigenvalue weighted by atomic mass is 16.2. The van der Waals surface area contributed by atoms with E-state index in [1.54, 1.807) is 0 Å². The van der Waals surface area contributed by atoms with Crippen LogP contribution in [0, 0.1) is 5.92 Å². The van der Waals surface area contributed by atoms with Crippen molar-refractivity contribution >= 4 is 5.82 Å². The predicted molar refractivity (Wildman–Crippen MR) is 58.0 cm³/mol. The van der Waals surface area contributed by atoms with E-state index in [9.17, 15) is 9.59 Å². The highest BCUT2D eigenvalue weighted by Gasteiger charge is 2.08. The average molecular weight is 212 g/mol. The van der Waals surface area contributed by atoms with E-state index in [0.29, 0.717) is 5.92 Å². The lowest BCUT2D eigenvalue weighted by molar-refractivity contribution is 0.537. The van der Waals surface area contributed by atoms with Crippen LogP contribution in [0.15, 0.2) is 9.59 Å². The topological polar surface area (TPSA) is 90.6 Å². The van der Waals surface area contributed by atoms with Gasteiger partial charge in [-0.2, -0.15) is 0 Å².